The van der Waals surface area contributed by atoms with Crippen molar-refractivity contribution in [3.8, 4) is 5.69 Å². The van der Waals surface area contributed by atoms with E-state index in [-0.39, 0.29) is 11.8 Å². The molecule has 0 spiro atoms. The lowest BCUT2D eigenvalue weighted by Gasteiger charge is -2.32. The van der Waals surface area contributed by atoms with Gasteiger partial charge in [-0.05, 0) is 31.0 Å². The molecule has 126 valence electrons. The first-order chi connectivity index (χ1) is 12.3. The van der Waals surface area contributed by atoms with Crippen LogP contribution in [0, 0.1) is 0 Å². The lowest BCUT2D eigenvalue weighted by Crippen LogP contribution is -2.39. The Morgan fingerprint density at radius 2 is 2.04 bits per heavy atom. The van der Waals surface area contributed by atoms with Crippen LogP contribution in [0.2, 0.25) is 0 Å². The highest BCUT2D eigenvalue weighted by atomic mass is 16.2. The first-order valence-electron chi connectivity index (χ1n) is 8.31. The smallest absolute Gasteiger partial charge is 0.253 e. The van der Waals surface area contributed by atoms with E-state index in [1.54, 1.807) is 35.8 Å². The highest BCUT2D eigenvalue weighted by molar-refractivity contribution is 5.94. The molecule has 1 atom stereocenters. The summed E-state index contributed by atoms with van der Waals surface area (Å²) in [5.74, 6) is 0.288. The molecule has 1 aromatic carbocycles. The molecule has 3 heterocycles. The predicted octanol–water partition coefficient (Wildman–Crippen LogP) is 2.08. The molecule has 0 saturated carbocycles. The van der Waals surface area contributed by atoms with Gasteiger partial charge in [0.1, 0.15) is 12.7 Å². The fraction of sp³-hybridized carbons (Fsp3) is 0.278. The average Bonchev–Trinajstić information content (AvgIpc) is 3.23. The zero-order valence-corrected chi connectivity index (χ0v) is 13.7. The van der Waals surface area contributed by atoms with Crippen LogP contribution in [0.4, 0.5) is 0 Å². The van der Waals surface area contributed by atoms with Crippen molar-refractivity contribution in [3.63, 3.8) is 0 Å². The van der Waals surface area contributed by atoms with Crippen molar-refractivity contribution < 1.29 is 4.79 Å². The second-order valence-electron chi connectivity index (χ2n) is 6.14. The fourth-order valence-electron chi connectivity index (χ4n) is 3.24. The van der Waals surface area contributed by atoms with Crippen molar-refractivity contribution in [1.82, 2.24) is 29.6 Å². The highest BCUT2D eigenvalue weighted by Gasteiger charge is 2.26. The Labute approximate surface area is 145 Å². The molecule has 3 aromatic rings. The maximum absolute atomic E-state index is 12.9. The summed E-state index contributed by atoms with van der Waals surface area (Å²) in [4.78, 5) is 23.4. The molecule has 0 aliphatic carbocycles. The van der Waals surface area contributed by atoms with Crippen molar-refractivity contribution in [3.05, 3.63) is 66.8 Å². The van der Waals surface area contributed by atoms with Crippen molar-refractivity contribution >= 4 is 5.91 Å². The maximum atomic E-state index is 12.9. The second kappa shape index (κ2) is 6.80. The Balaban J connectivity index is 1.53. The Morgan fingerprint density at radius 1 is 1.16 bits per heavy atom. The summed E-state index contributed by atoms with van der Waals surface area (Å²) in [6, 6.07) is 7.53. The summed E-state index contributed by atoms with van der Waals surface area (Å²) in [7, 11) is 0. The Morgan fingerprint density at radius 3 is 2.84 bits per heavy atom. The van der Waals surface area contributed by atoms with Gasteiger partial charge in [-0.3, -0.25) is 19.3 Å². The van der Waals surface area contributed by atoms with Gasteiger partial charge in [0.2, 0.25) is 0 Å². The topological polar surface area (TPSA) is 76.8 Å². The number of hydrogen-bond donors (Lipinski definition) is 0. The summed E-state index contributed by atoms with van der Waals surface area (Å²) < 4.78 is 1.79. The van der Waals surface area contributed by atoms with E-state index in [0.29, 0.717) is 12.1 Å². The highest BCUT2D eigenvalue weighted by Crippen LogP contribution is 2.26. The molecule has 4 rings (SSSR count). The van der Waals surface area contributed by atoms with Gasteiger partial charge in [-0.25, -0.2) is 0 Å². The molecule has 1 fully saturated rings. The van der Waals surface area contributed by atoms with Gasteiger partial charge in [0.05, 0.1) is 5.69 Å². The Hall–Kier alpha value is -3.09. The van der Waals surface area contributed by atoms with Crippen LogP contribution in [-0.4, -0.2) is 48.6 Å². The summed E-state index contributed by atoms with van der Waals surface area (Å²) in [5.41, 5.74) is 2.50. The quantitative estimate of drug-likeness (QED) is 0.733. The minimum Gasteiger partial charge on any atom is -0.338 e. The third-order valence-electron chi connectivity index (χ3n) is 4.52. The number of aromatic nitrogens is 5. The molecule has 0 N–H and O–H groups in total. The molecule has 1 unspecified atom stereocenters. The SMILES string of the molecule is O=C(c1cccc(-n2cnnc2)c1)N1CCCC(c2cnccn2)C1. The summed E-state index contributed by atoms with van der Waals surface area (Å²) in [5, 5.41) is 7.62. The number of amides is 1. The summed E-state index contributed by atoms with van der Waals surface area (Å²) in [6.07, 6.45) is 10.4. The molecular weight excluding hydrogens is 316 g/mol. The number of rotatable bonds is 3. The molecule has 2 aromatic heterocycles. The van der Waals surface area contributed by atoms with Crippen LogP contribution >= 0.6 is 0 Å². The van der Waals surface area contributed by atoms with Gasteiger partial charge in [-0.15, -0.1) is 10.2 Å². The molecule has 1 saturated heterocycles. The van der Waals surface area contributed by atoms with E-state index in [2.05, 4.69) is 20.2 Å². The van der Waals surface area contributed by atoms with Gasteiger partial charge in [0.15, 0.2) is 0 Å². The minimum atomic E-state index is 0.0449. The van der Waals surface area contributed by atoms with Crippen LogP contribution in [0.1, 0.15) is 34.8 Å². The normalized spacial score (nSPS) is 17.4. The zero-order chi connectivity index (χ0) is 17.1. The van der Waals surface area contributed by atoms with Gasteiger partial charge < -0.3 is 4.90 Å². The van der Waals surface area contributed by atoms with E-state index in [9.17, 15) is 4.79 Å². The number of piperidine rings is 1. The first-order valence-corrected chi connectivity index (χ1v) is 8.31. The van der Waals surface area contributed by atoms with Crippen molar-refractivity contribution in [2.45, 2.75) is 18.8 Å². The molecule has 0 radical (unpaired) electrons. The number of benzene rings is 1. The average molecular weight is 334 g/mol. The molecule has 7 nitrogen and oxygen atoms in total. The van der Waals surface area contributed by atoms with E-state index < -0.39 is 0 Å². The van der Waals surface area contributed by atoms with Crippen LogP contribution in [-0.2, 0) is 0 Å². The molecule has 1 aliphatic rings. The fourth-order valence-corrected chi connectivity index (χ4v) is 3.24. The third kappa shape index (κ3) is 3.26. The lowest BCUT2D eigenvalue weighted by atomic mass is 9.94. The zero-order valence-electron chi connectivity index (χ0n) is 13.7. The van der Waals surface area contributed by atoms with E-state index in [1.165, 1.54) is 0 Å². The van der Waals surface area contributed by atoms with E-state index in [0.717, 1.165) is 30.8 Å². The standard InChI is InChI=1S/C18H18N6O/c25-18(14-3-1-5-16(9-14)24-12-21-22-13-24)23-8-2-4-15(11-23)17-10-19-6-7-20-17/h1,3,5-7,9-10,12-13,15H,2,4,8,11H2. The molecule has 7 heteroatoms. The van der Waals surface area contributed by atoms with Crippen LogP contribution in [0.25, 0.3) is 5.69 Å². The third-order valence-corrected chi connectivity index (χ3v) is 4.52. The minimum absolute atomic E-state index is 0.0449. The van der Waals surface area contributed by atoms with Crippen LogP contribution in [0.5, 0.6) is 0 Å². The van der Waals surface area contributed by atoms with Crippen molar-refractivity contribution in [2.75, 3.05) is 13.1 Å². The number of nitrogens with zero attached hydrogens (tertiary/aromatic N) is 6. The van der Waals surface area contributed by atoms with Gasteiger partial charge in [-0.1, -0.05) is 6.07 Å². The number of carbonyl (C=O) groups is 1. The summed E-state index contributed by atoms with van der Waals surface area (Å²) >= 11 is 0. The Bertz CT molecular complexity index is 849. The van der Waals surface area contributed by atoms with Gasteiger partial charge in [0, 0.05) is 48.8 Å². The van der Waals surface area contributed by atoms with Crippen LogP contribution in [0.3, 0.4) is 0 Å². The maximum Gasteiger partial charge on any atom is 0.253 e. The van der Waals surface area contributed by atoms with Gasteiger partial charge in [-0.2, -0.15) is 0 Å². The van der Waals surface area contributed by atoms with E-state index in [4.69, 9.17) is 0 Å². The Kier molecular flexibility index (Phi) is 4.20. The lowest BCUT2D eigenvalue weighted by molar-refractivity contribution is 0.0705. The number of carbonyl (C=O) groups excluding carboxylic acids is 1. The largest absolute Gasteiger partial charge is 0.338 e. The predicted molar refractivity (Wildman–Crippen MR) is 91.3 cm³/mol. The molecule has 25 heavy (non-hydrogen) atoms. The molecule has 1 aliphatic heterocycles. The molecule has 1 amide bonds. The van der Waals surface area contributed by atoms with Crippen molar-refractivity contribution in [1.29, 1.82) is 0 Å². The van der Waals surface area contributed by atoms with E-state index in [1.807, 2.05) is 29.2 Å². The van der Waals surface area contributed by atoms with Crippen LogP contribution < -0.4 is 0 Å². The first kappa shape index (κ1) is 15.4. The molecule has 0 bridgehead atoms. The van der Waals surface area contributed by atoms with Crippen LogP contribution in [0.15, 0.2) is 55.5 Å². The molecular formula is C18H18N6O. The summed E-state index contributed by atoms with van der Waals surface area (Å²) in [6.45, 7) is 1.45. The monoisotopic (exact) mass is 334 g/mol. The number of hydrogen-bond acceptors (Lipinski definition) is 5. The van der Waals surface area contributed by atoms with Gasteiger partial charge >= 0.3 is 0 Å². The van der Waals surface area contributed by atoms with Gasteiger partial charge in [0.25, 0.3) is 5.91 Å². The van der Waals surface area contributed by atoms with E-state index >= 15 is 0 Å². The van der Waals surface area contributed by atoms with Crippen molar-refractivity contribution in [2.24, 2.45) is 0 Å². The number of likely N-dealkylation sites (tertiary alicyclic amines) is 1. The second-order valence-corrected chi connectivity index (χ2v) is 6.14.